The molecular formula is C6H13Cl2F3N2. The van der Waals surface area contributed by atoms with E-state index in [0.29, 0.717) is 13.0 Å². The molecule has 0 unspecified atom stereocenters. The molecule has 0 bridgehead atoms. The van der Waals surface area contributed by atoms with E-state index in [2.05, 4.69) is 5.32 Å². The van der Waals surface area contributed by atoms with E-state index in [0.717, 1.165) is 6.42 Å². The van der Waals surface area contributed by atoms with E-state index in [1.54, 1.807) is 0 Å². The van der Waals surface area contributed by atoms with Crippen LogP contribution in [0.2, 0.25) is 0 Å². The van der Waals surface area contributed by atoms with Crippen molar-refractivity contribution < 1.29 is 13.2 Å². The van der Waals surface area contributed by atoms with E-state index in [4.69, 9.17) is 5.73 Å². The summed E-state index contributed by atoms with van der Waals surface area (Å²) in [4.78, 5) is 0. The molecule has 13 heavy (non-hydrogen) atoms. The monoisotopic (exact) mass is 240 g/mol. The molecule has 0 amide bonds. The minimum atomic E-state index is -4.19. The summed E-state index contributed by atoms with van der Waals surface area (Å²) in [6.07, 6.45) is -3.01. The smallest absolute Gasteiger partial charge is 0.326 e. The zero-order valence-electron chi connectivity index (χ0n) is 6.80. The Kier molecular flexibility index (Phi) is 7.15. The molecular weight excluding hydrogens is 228 g/mol. The van der Waals surface area contributed by atoms with Gasteiger partial charge in [-0.15, -0.1) is 24.8 Å². The van der Waals surface area contributed by atoms with Crippen LogP contribution in [0, 0.1) is 0 Å². The Balaban J connectivity index is 0. The number of nitrogens with two attached hydrogens (primary N) is 1. The van der Waals surface area contributed by atoms with Crippen molar-refractivity contribution in [3.05, 3.63) is 0 Å². The molecule has 1 aliphatic rings. The van der Waals surface area contributed by atoms with Crippen LogP contribution in [0.25, 0.3) is 0 Å². The van der Waals surface area contributed by atoms with Crippen LogP contribution in [0.5, 0.6) is 0 Å². The van der Waals surface area contributed by atoms with Gasteiger partial charge in [0.05, 0.1) is 0 Å². The molecule has 0 radical (unpaired) electrons. The Morgan fingerprint density at radius 1 is 1.23 bits per heavy atom. The molecule has 82 valence electrons. The van der Waals surface area contributed by atoms with Crippen LogP contribution in [-0.2, 0) is 0 Å². The number of piperidine rings is 1. The van der Waals surface area contributed by atoms with E-state index >= 15 is 0 Å². The van der Waals surface area contributed by atoms with E-state index in [1.165, 1.54) is 0 Å². The van der Waals surface area contributed by atoms with Gasteiger partial charge in [-0.2, -0.15) is 13.2 Å². The van der Waals surface area contributed by atoms with Gasteiger partial charge < -0.3 is 11.1 Å². The van der Waals surface area contributed by atoms with Crippen molar-refractivity contribution in [1.82, 2.24) is 5.32 Å². The van der Waals surface area contributed by atoms with Gasteiger partial charge in [-0.3, -0.25) is 0 Å². The third-order valence-corrected chi connectivity index (χ3v) is 1.86. The molecule has 0 aromatic rings. The predicted molar refractivity (Wildman–Crippen MR) is 49.6 cm³/mol. The number of nitrogens with one attached hydrogen (secondary N) is 1. The summed E-state index contributed by atoms with van der Waals surface area (Å²) in [5.41, 5.74) is 5.28. The summed E-state index contributed by atoms with van der Waals surface area (Å²) in [5, 5.41) is 2.36. The maximum atomic E-state index is 12.0. The van der Waals surface area contributed by atoms with E-state index in [1.807, 2.05) is 0 Å². The summed E-state index contributed by atoms with van der Waals surface area (Å²) in [6, 6.07) is -2.28. The maximum Gasteiger partial charge on any atom is 0.405 e. The van der Waals surface area contributed by atoms with Crippen LogP contribution in [-0.4, -0.2) is 24.8 Å². The molecule has 1 saturated heterocycles. The summed E-state index contributed by atoms with van der Waals surface area (Å²) >= 11 is 0. The minimum absolute atomic E-state index is 0. The van der Waals surface area contributed by atoms with Gasteiger partial charge in [-0.1, -0.05) is 0 Å². The lowest BCUT2D eigenvalue weighted by atomic mass is 9.99. The number of rotatable bonds is 0. The van der Waals surface area contributed by atoms with Gasteiger partial charge in [0, 0.05) is 6.04 Å². The van der Waals surface area contributed by atoms with Crippen LogP contribution >= 0.6 is 24.8 Å². The molecule has 1 fully saturated rings. The van der Waals surface area contributed by atoms with Crippen molar-refractivity contribution in [2.75, 3.05) is 6.54 Å². The molecule has 1 heterocycles. The summed E-state index contributed by atoms with van der Waals surface area (Å²) in [6.45, 7) is 0.415. The first kappa shape index (κ1) is 15.7. The zero-order chi connectivity index (χ0) is 8.48. The van der Waals surface area contributed by atoms with Gasteiger partial charge in [-0.05, 0) is 19.4 Å². The molecule has 7 heteroatoms. The number of hydrogen-bond donors (Lipinski definition) is 2. The van der Waals surface area contributed by atoms with Gasteiger partial charge in [0.15, 0.2) is 0 Å². The van der Waals surface area contributed by atoms with Gasteiger partial charge in [-0.25, -0.2) is 0 Å². The Hall–Kier alpha value is 0.290. The fourth-order valence-electron chi connectivity index (χ4n) is 1.27. The first-order valence-electron chi connectivity index (χ1n) is 3.57. The zero-order valence-corrected chi connectivity index (χ0v) is 8.44. The molecule has 2 atom stereocenters. The Labute approximate surface area is 87.3 Å². The van der Waals surface area contributed by atoms with E-state index in [-0.39, 0.29) is 24.8 Å². The third-order valence-electron chi connectivity index (χ3n) is 1.86. The standard InChI is InChI=1S/C6H11F3N2.2ClH/c7-6(8,9)5-4(10)2-1-3-11-5;;/h4-5,11H,1-3,10H2;2*1H/t4-,5+;;/m0../s1. The molecule has 3 N–H and O–H groups in total. The lowest BCUT2D eigenvalue weighted by Gasteiger charge is -2.31. The average Bonchev–Trinajstić information content (AvgIpc) is 1.86. The summed E-state index contributed by atoms with van der Waals surface area (Å²) in [7, 11) is 0. The number of halogens is 5. The van der Waals surface area contributed by atoms with Crippen molar-refractivity contribution >= 4 is 24.8 Å². The highest BCUT2D eigenvalue weighted by atomic mass is 35.5. The minimum Gasteiger partial charge on any atom is -0.326 e. The molecule has 2 nitrogen and oxygen atoms in total. The fourth-order valence-corrected chi connectivity index (χ4v) is 1.27. The van der Waals surface area contributed by atoms with Gasteiger partial charge in [0.2, 0.25) is 0 Å². The molecule has 1 aliphatic heterocycles. The highest BCUT2D eigenvalue weighted by molar-refractivity contribution is 5.85. The normalized spacial score (nSPS) is 28.6. The van der Waals surface area contributed by atoms with Crippen molar-refractivity contribution in [2.24, 2.45) is 5.73 Å². The maximum absolute atomic E-state index is 12.0. The van der Waals surface area contributed by atoms with Crippen molar-refractivity contribution in [3.63, 3.8) is 0 Å². The van der Waals surface area contributed by atoms with Crippen molar-refractivity contribution in [1.29, 1.82) is 0 Å². The van der Waals surface area contributed by atoms with Crippen molar-refractivity contribution in [2.45, 2.75) is 31.1 Å². The van der Waals surface area contributed by atoms with Crippen LogP contribution in [0.3, 0.4) is 0 Å². The molecule has 0 aromatic heterocycles. The highest BCUT2D eigenvalue weighted by Crippen LogP contribution is 2.25. The molecule has 0 saturated carbocycles. The molecule has 0 spiro atoms. The highest BCUT2D eigenvalue weighted by Gasteiger charge is 2.44. The van der Waals surface area contributed by atoms with Gasteiger partial charge in [0.25, 0.3) is 0 Å². The quantitative estimate of drug-likeness (QED) is 0.674. The third kappa shape index (κ3) is 4.35. The fraction of sp³-hybridized carbons (Fsp3) is 1.00. The second-order valence-corrected chi connectivity index (χ2v) is 2.78. The topological polar surface area (TPSA) is 38.0 Å². The Bertz CT molecular complexity index is 142. The van der Waals surface area contributed by atoms with E-state index < -0.39 is 18.3 Å². The number of alkyl halides is 3. The Morgan fingerprint density at radius 2 is 1.77 bits per heavy atom. The van der Waals surface area contributed by atoms with Gasteiger partial charge >= 0.3 is 6.18 Å². The molecule has 0 aromatic carbocycles. The van der Waals surface area contributed by atoms with Crippen LogP contribution in [0.1, 0.15) is 12.8 Å². The Morgan fingerprint density at radius 3 is 2.08 bits per heavy atom. The second kappa shape index (κ2) is 5.90. The van der Waals surface area contributed by atoms with Gasteiger partial charge in [0.1, 0.15) is 6.04 Å². The van der Waals surface area contributed by atoms with Crippen LogP contribution < -0.4 is 11.1 Å². The largest absolute Gasteiger partial charge is 0.405 e. The average molecular weight is 241 g/mol. The first-order chi connectivity index (χ1) is 5.02. The number of hydrogen-bond acceptors (Lipinski definition) is 2. The second-order valence-electron chi connectivity index (χ2n) is 2.78. The van der Waals surface area contributed by atoms with Crippen LogP contribution in [0.15, 0.2) is 0 Å². The van der Waals surface area contributed by atoms with Crippen molar-refractivity contribution in [3.8, 4) is 0 Å². The predicted octanol–water partition coefficient (Wildman–Crippen LogP) is 1.47. The molecule has 1 rings (SSSR count). The lowest BCUT2D eigenvalue weighted by Crippen LogP contribution is -2.57. The summed E-state index contributed by atoms with van der Waals surface area (Å²) < 4.78 is 36.1. The first-order valence-corrected chi connectivity index (χ1v) is 3.57. The SMILES string of the molecule is Cl.Cl.N[C@H]1CCCN[C@H]1C(F)(F)F. The summed E-state index contributed by atoms with van der Waals surface area (Å²) in [5.74, 6) is 0. The van der Waals surface area contributed by atoms with Crippen LogP contribution in [0.4, 0.5) is 13.2 Å². The lowest BCUT2D eigenvalue weighted by molar-refractivity contribution is -0.163. The van der Waals surface area contributed by atoms with E-state index in [9.17, 15) is 13.2 Å². The molecule has 0 aliphatic carbocycles.